The highest BCUT2D eigenvalue weighted by Gasteiger charge is 1.96. The highest BCUT2D eigenvalue weighted by molar-refractivity contribution is 5.54. The van der Waals surface area contributed by atoms with Gasteiger partial charge in [-0.3, -0.25) is 0 Å². The van der Waals surface area contributed by atoms with Gasteiger partial charge in [-0.1, -0.05) is 27.7 Å². The predicted octanol–water partition coefficient (Wildman–Crippen LogP) is 4.00. The lowest BCUT2D eigenvalue weighted by molar-refractivity contribution is 0.958. The second kappa shape index (κ2) is 7.04. The van der Waals surface area contributed by atoms with E-state index in [-0.39, 0.29) is 0 Å². The molecule has 0 spiro atoms. The first-order valence-electron chi connectivity index (χ1n) is 5.68. The van der Waals surface area contributed by atoms with E-state index in [0.29, 0.717) is 0 Å². The molecule has 0 aliphatic heterocycles. The Labute approximate surface area is 92.9 Å². The normalized spacial score (nSPS) is 8.67. The smallest absolute Gasteiger partial charge is 0.0693 e. The molecule has 2 heteroatoms. The van der Waals surface area contributed by atoms with Gasteiger partial charge in [0.15, 0.2) is 0 Å². The van der Waals surface area contributed by atoms with E-state index >= 15 is 0 Å². The third kappa shape index (κ3) is 3.39. The van der Waals surface area contributed by atoms with Gasteiger partial charge in [-0.2, -0.15) is 5.10 Å². The van der Waals surface area contributed by atoms with Gasteiger partial charge in [0.2, 0.25) is 0 Å². The van der Waals surface area contributed by atoms with Crippen LogP contribution >= 0.6 is 0 Å². The van der Waals surface area contributed by atoms with Crippen LogP contribution in [0.1, 0.15) is 38.8 Å². The Bertz CT molecular complexity index is 388. The molecule has 0 aliphatic rings. The van der Waals surface area contributed by atoms with Crippen molar-refractivity contribution in [3.63, 3.8) is 0 Å². The van der Waals surface area contributed by atoms with E-state index in [1.807, 2.05) is 44.6 Å². The van der Waals surface area contributed by atoms with Crippen LogP contribution in [0.5, 0.6) is 0 Å². The molecule has 2 aromatic rings. The van der Waals surface area contributed by atoms with Crippen LogP contribution in [0.25, 0.3) is 5.52 Å². The van der Waals surface area contributed by atoms with Gasteiger partial charge >= 0.3 is 0 Å². The number of pyridine rings is 1. The van der Waals surface area contributed by atoms with Crippen LogP contribution in [0.15, 0.2) is 24.5 Å². The van der Waals surface area contributed by atoms with Crippen molar-refractivity contribution in [1.82, 2.24) is 9.61 Å². The van der Waals surface area contributed by atoms with Crippen LogP contribution in [0.4, 0.5) is 0 Å². The molecule has 0 fully saturated rings. The lowest BCUT2D eigenvalue weighted by Crippen LogP contribution is -1.85. The van der Waals surface area contributed by atoms with Crippen LogP contribution in [0.2, 0.25) is 0 Å². The number of fused-ring (bicyclic) bond motifs is 1. The van der Waals surface area contributed by atoms with Gasteiger partial charge in [-0.15, -0.1) is 0 Å². The van der Waals surface area contributed by atoms with Crippen molar-refractivity contribution in [2.24, 2.45) is 0 Å². The van der Waals surface area contributed by atoms with Crippen LogP contribution in [-0.2, 0) is 0 Å². The number of aromatic nitrogens is 2. The van der Waals surface area contributed by atoms with E-state index in [1.54, 1.807) is 0 Å². The topological polar surface area (TPSA) is 17.3 Å². The van der Waals surface area contributed by atoms with Crippen molar-refractivity contribution >= 4 is 5.52 Å². The summed E-state index contributed by atoms with van der Waals surface area (Å²) in [6.07, 6.45) is 3.87. The highest BCUT2D eigenvalue weighted by atomic mass is 15.2. The minimum absolute atomic E-state index is 1.20. The van der Waals surface area contributed by atoms with E-state index in [2.05, 4.69) is 31.1 Å². The van der Waals surface area contributed by atoms with Crippen molar-refractivity contribution in [1.29, 1.82) is 0 Å². The van der Waals surface area contributed by atoms with Crippen LogP contribution in [0, 0.1) is 13.8 Å². The van der Waals surface area contributed by atoms with E-state index in [9.17, 15) is 0 Å². The predicted molar refractivity (Wildman–Crippen MR) is 67.4 cm³/mol. The number of aryl methyl sites for hydroxylation is 2. The molecule has 0 aliphatic carbocycles. The number of rotatable bonds is 0. The molecule has 0 N–H and O–H groups in total. The van der Waals surface area contributed by atoms with E-state index in [1.165, 1.54) is 16.6 Å². The van der Waals surface area contributed by atoms with Crippen LogP contribution < -0.4 is 0 Å². The quantitative estimate of drug-likeness (QED) is 0.636. The summed E-state index contributed by atoms with van der Waals surface area (Å²) in [6, 6.07) is 4.20. The molecule has 0 bridgehead atoms. The Kier molecular flexibility index (Phi) is 6.43. The summed E-state index contributed by atoms with van der Waals surface area (Å²) in [7, 11) is 0. The fourth-order valence-electron chi connectivity index (χ4n) is 1.21. The van der Waals surface area contributed by atoms with Gasteiger partial charge in [0.05, 0.1) is 11.7 Å². The minimum atomic E-state index is 1.20. The fourth-order valence-corrected chi connectivity index (χ4v) is 1.21. The molecule has 0 saturated heterocycles. The molecule has 0 radical (unpaired) electrons. The van der Waals surface area contributed by atoms with Gasteiger partial charge in [0.1, 0.15) is 0 Å². The molecule has 2 heterocycles. The summed E-state index contributed by atoms with van der Waals surface area (Å²) in [5, 5.41) is 4.18. The lowest BCUT2D eigenvalue weighted by Gasteiger charge is -1.94. The Hall–Kier alpha value is -1.31. The molecule has 2 aromatic heterocycles. The maximum atomic E-state index is 4.18. The van der Waals surface area contributed by atoms with Gasteiger partial charge in [-0.25, -0.2) is 4.52 Å². The Morgan fingerprint density at radius 3 is 2.27 bits per heavy atom. The number of hydrogen-bond acceptors (Lipinski definition) is 1. The van der Waals surface area contributed by atoms with E-state index in [0.717, 1.165) is 0 Å². The zero-order valence-corrected chi connectivity index (χ0v) is 10.7. The number of nitrogens with zero attached hydrogens (tertiary/aromatic N) is 2. The summed E-state index contributed by atoms with van der Waals surface area (Å²) in [4.78, 5) is 0. The van der Waals surface area contributed by atoms with Crippen LogP contribution in [0.3, 0.4) is 0 Å². The molecular formula is C13H22N2. The largest absolute Gasteiger partial charge is 0.241 e. The SMILES string of the molecule is CC.CC.Cc1ccn2ncc(C)c2c1. The van der Waals surface area contributed by atoms with Crippen molar-refractivity contribution in [2.75, 3.05) is 0 Å². The summed E-state index contributed by atoms with van der Waals surface area (Å²) >= 11 is 0. The second-order valence-electron chi connectivity index (χ2n) is 2.86. The van der Waals surface area contributed by atoms with Crippen molar-refractivity contribution in [3.05, 3.63) is 35.7 Å². The molecule has 15 heavy (non-hydrogen) atoms. The zero-order valence-electron chi connectivity index (χ0n) is 10.7. The summed E-state index contributed by atoms with van der Waals surface area (Å²) in [5.74, 6) is 0. The zero-order chi connectivity index (χ0) is 11.8. The Balaban J connectivity index is 0.000000442. The van der Waals surface area contributed by atoms with E-state index in [4.69, 9.17) is 0 Å². The van der Waals surface area contributed by atoms with Crippen molar-refractivity contribution in [3.8, 4) is 0 Å². The van der Waals surface area contributed by atoms with Gasteiger partial charge in [0.25, 0.3) is 0 Å². The maximum Gasteiger partial charge on any atom is 0.0693 e. The second-order valence-corrected chi connectivity index (χ2v) is 2.86. The third-order valence-electron chi connectivity index (χ3n) is 1.87. The molecule has 2 nitrogen and oxygen atoms in total. The summed E-state index contributed by atoms with van der Waals surface area (Å²) in [6.45, 7) is 12.2. The molecule has 0 saturated carbocycles. The van der Waals surface area contributed by atoms with Crippen LogP contribution in [-0.4, -0.2) is 9.61 Å². The first-order valence-corrected chi connectivity index (χ1v) is 5.68. The summed E-state index contributed by atoms with van der Waals surface area (Å²) < 4.78 is 1.89. The van der Waals surface area contributed by atoms with Crippen molar-refractivity contribution < 1.29 is 0 Å². The first-order chi connectivity index (χ1) is 7.27. The molecule has 2 rings (SSSR count). The van der Waals surface area contributed by atoms with Gasteiger partial charge < -0.3 is 0 Å². The standard InChI is InChI=1S/C9H10N2.2C2H6/c1-7-3-4-11-9(5-7)8(2)6-10-11;2*1-2/h3-6H,1-2H3;2*1-2H3. The van der Waals surface area contributed by atoms with Gasteiger partial charge in [0, 0.05) is 6.20 Å². The Morgan fingerprint density at radius 2 is 1.67 bits per heavy atom. The van der Waals surface area contributed by atoms with Crippen molar-refractivity contribution in [2.45, 2.75) is 41.5 Å². The summed E-state index contributed by atoms with van der Waals surface area (Å²) in [5.41, 5.74) is 3.71. The fraction of sp³-hybridized carbons (Fsp3) is 0.462. The molecule has 0 atom stereocenters. The molecule has 0 unspecified atom stereocenters. The highest BCUT2D eigenvalue weighted by Crippen LogP contribution is 2.09. The molecule has 0 amide bonds. The lowest BCUT2D eigenvalue weighted by atomic mass is 10.2. The maximum absolute atomic E-state index is 4.18. The third-order valence-corrected chi connectivity index (χ3v) is 1.87. The number of hydrogen-bond donors (Lipinski definition) is 0. The monoisotopic (exact) mass is 206 g/mol. The first kappa shape index (κ1) is 13.7. The average Bonchev–Trinajstić information content (AvgIpc) is 2.66. The van der Waals surface area contributed by atoms with E-state index < -0.39 is 0 Å². The average molecular weight is 206 g/mol. The molecule has 0 aromatic carbocycles. The molecular weight excluding hydrogens is 184 g/mol. The minimum Gasteiger partial charge on any atom is -0.241 e. The van der Waals surface area contributed by atoms with Gasteiger partial charge in [-0.05, 0) is 37.1 Å². The molecule has 84 valence electrons. The Morgan fingerprint density at radius 1 is 1.07 bits per heavy atom.